The molecule has 0 fully saturated rings. The fourth-order valence-corrected chi connectivity index (χ4v) is 0.822. The van der Waals surface area contributed by atoms with Crippen LogP contribution in [0.2, 0.25) is 0 Å². The molecule has 0 radical (unpaired) electrons. The van der Waals surface area contributed by atoms with Gasteiger partial charge in [-0.25, -0.2) is 4.98 Å². The maximum atomic E-state index is 10.9. The molecule has 0 saturated heterocycles. The number of aromatic nitrogens is 2. The second-order valence-electron chi connectivity index (χ2n) is 2.42. The van der Waals surface area contributed by atoms with Crippen LogP contribution in [0.25, 0.3) is 0 Å². The molecule has 0 bridgehead atoms. The Balaban J connectivity index is 2.92. The van der Waals surface area contributed by atoms with Crippen LogP contribution in [-0.2, 0) is 11.8 Å². The fraction of sp³-hybridized carbons (Fsp3) is 0.429. The van der Waals surface area contributed by atoms with Gasteiger partial charge in [-0.05, 0) is 0 Å². The minimum Gasteiger partial charge on any atom is -0.320 e. The van der Waals surface area contributed by atoms with Crippen LogP contribution in [0, 0.1) is 0 Å². The van der Waals surface area contributed by atoms with Gasteiger partial charge in [0.05, 0.1) is 0 Å². The third-order valence-corrected chi connectivity index (χ3v) is 1.57. The lowest BCUT2D eigenvalue weighted by Crippen LogP contribution is -2.25. The molecule has 0 N–H and O–H groups in total. The third kappa shape index (κ3) is 1.39. The van der Waals surface area contributed by atoms with E-state index in [0.717, 1.165) is 0 Å². The van der Waals surface area contributed by atoms with Crippen LogP contribution in [0.4, 0.5) is 5.95 Å². The molecular weight excluding hydrogens is 142 g/mol. The predicted molar refractivity (Wildman–Crippen MR) is 42.3 cm³/mol. The minimum absolute atomic E-state index is 0.0145. The lowest BCUT2D eigenvalue weighted by molar-refractivity contribution is -0.116. The van der Waals surface area contributed by atoms with E-state index >= 15 is 0 Å². The zero-order valence-corrected chi connectivity index (χ0v) is 6.90. The molecule has 0 aliphatic carbocycles. The van der Waals surface area contributed by atoms with Crippen LogP contribution in [0.5, 0.6) is 0 Å². The molecule has 4 nitrogen and oxygen atoms in total. The first kappa shape index (κ1) is 7.78. The van der Waals surface area contributed by atoms with E-state index in [0.29, 0.717) is 5.95 Å². The van der Waals surface area contributed by atoms with Crippen LogP contribution in [0.1, 0.15) is 6.92 Å². The number of rotatable bonds is 1. The van der Waals surface area contributed by atoms with E-state index in [-0.39, 0.29) is 5.91 Å². The van der Waals surface area contributed by atoms with Gasteiger partial charge in [0.25, 0.3) is 0 Å². The van der Waals surface area contributed by atoms with Crippen molar-refractivity contribution in [2.45, 2.75) is 6.92 Å². The molecular formula is C7H11N3O. The number of anilines is 1. The SMILES string of the molecule is CC(=O)N(C)c1nccn1C. The van der Waals surface area contributed by atoms with Crippen LogP contribution in [0.15, 0.2) is 12.4 Å². The summed E-state index contributed by atoms with van der Waals surface area (Å²) in [5.41, 5.74) is 0. The summed E-state index contributed by atoms with van der Waals surface area (Å²) in [5.74, 6) is 0.650. The van der Waals surface area contributed by atoms with Crippen molar-refractivity contribution in [3.8, 4) is 0 Å². The summed E-state index contributed by atoms with van der Waals surface area (Å²) in [7, 11) is 3.55. The Morgan fingerprint density at radius 2 is 2.36 bits per heavy atom. The summed E-state index contributed by atoms with van der Waals surface area (Å²) < 4.78 is 1.79. The standard InChI is InChI=1S/C7H11N3O/c1-6(11)10(3)7-8-4-5-9(7)2/h4-5H,1-3H3. The van der Waals surface area contributed by atoms with Crippen molar-refractivity contribution in [1.29, 1.82) is 0 Å². The van der Waals surface area contributed by atoms with E-state index in [1.807, 2.05) is 7.05 Å². The normalized spacial score (nSPS) is 9.73. The van der Waals surface area contributed by atoms with Gasteiger partial charge in [-0.2, -0.15) is 0 Å². The maximum Gasteiger partial charge on any atom is 0.225 e. The zero-order valence-electron chi connectivity index (χ0n) is 6.90. The molecule has 0 aliphatic heterocycles. The number of aryl methyl sites for hydroxylation is 1. The third-order valence-electron chi connectivity index (χ3n) is 1.57. The quantitative estimate of drug-likeness (QED) is 0.585. The van der Waals surface area contributed by atoms with Crippen LogP contribution >= 0.6 is 0 Å². The van der Waals surface area contributed by atoms with Crippen molar-refractivity contribution in [2.75, 3.05) is 11.9 Å². The maximum absolute atomic E-state index is 10.9. The highest BCUT2D eigenvalue weighted by atomic mass is 16.2. The zero-order chi connectivity index (χ0) is 8.43. The first-order chi connectivity index (χ1) is 5.13. The Bertz CT molecular complexity index is 266. The van der Waals surface area contributed by atoms with Gasteiger partial charge in [0.2, 0.25) is 11.9 Å². The average molecular weight is 153 g/mol. The number of hydrogen-bond donors (Lipinski definition) is 0. The number of nitrogens with zero attached hydrogens (tertiary/aromatic N) is 3. The molecule has 1 aromatic heterocycles. The minimum atomic E-state index is -0.0145. The number of imidazole rings is 1. The number of carbonyl (C=O) groups is 1. The second-order valence-corrected chi connectivity index (χ2v) is 2.42. The number of amides is 1. The summed E-state index contributed by atoms with van der Waals surface area (Å²) in [5, 5.41) is 0. The van der Waals surface area contributed by atoms with Crippen molar-refractivity contribution < 1.29 is 4.79 Å². The summed E-state index contributed by atoms with van der Waals surface area (Å²) >= 11 is 0. The molecule has 1 heterocycles. The lowest BCUT2D eigenvalue weighted by atomic mass is 10.6. The van der Waals surface area contributed by atoms with Gasteiger partial charge in [-0.15, -0.1) is 0 Å². The van der Waals surface area contributed by atoms with Gasteiger partial charge in [-0.1, -0.05) is 0 Å². The van der Waals surface area contributed by atoms with Gasteiger partial charge in [-0.3, -0.25) is 9.69 Å². The Morgan fingerprint density at radius 1 is 1.73 bits per heavy atom. The van der Waals surface area contributed by atoms with Gasteiger partial charge in [0, 0.05) is 33.4 Å². The van der Waals surface area contributed by atoms with Crippen LogP contribution in [-0.4, -0.2) is 22.5 Å². The highest BCUT2D eigenvalue weighted by molar-refractivity contribution is 5.88. The van der Waals surface area contributed by atoms with Crippen molar-refractivity contribution >= 4 is 11.9 Å². The monoisotopic (exact) mass is 153 g/mol. The molecule has 11 heavy (non-hydrogen) atoms. The first-order valence-corrected chi connectivity index (χ1v) is 3.34. The van der Waals surface area contributed by atoms with Gasteiger partial charge in [0.1, 0.15) is 0 Å². The van der Waals surface area contributed by atoms with E-state index in [2.05, 4.69) is 4.98 Å². The molecule has 1 aromatic rings. The summed E-state index contributed by atoms with van der Waals surface area (Å²) in [4.78, 5) is 16.4. The van der Waals surface area contributed by atoms with Crippen molar-refractivity contribution in [3.05, 3.63) is 12.4 Å². The second kappa shape index (κ2) is 2.74. The Kier molecular flexibility index (Phi) is 1.94. The van der Waals surface area contributed by atoms with Crippen molar-refractivity contribution in [2.24, 2.45) is 7.05 Å². The van der Waals surface area contributed by atoms with Crippen molar-refractivity contribution in [1.82, 2.24) is 9.55 Å². The van der Waals surface area contributed by atoms with E-state index < -0.39 is 0 Å². The molecule has 1 amide bonds. The number of carbonyl (C=O) groups excluding carboxylic acids is 1. The van der Waals surface area contributed by atoms with E-state index in [4.69, 9.17) is 0 Å². The Morgan fingerprint density at radius 3 is 2.73 bits per heavy atom. The molecule has 0 atom stereocenters. The first-order valence-electron chi connectivity index (χ1n) is 3.34. The summed E-state index contributed by atoms with van der Waals surface area (Å²) in [6, 6.07) is 0. The molecule has 60 valence electrons. The van der Waals surface area contributed by atoms with E-state index in [1.54, 1.807) is 24.0 Å². The van der Waals surface area contributed by atoms with Gasteiger partial charge in [0.15, 0.2) is 0 Å². The summed E-state index contributed by atoms with van der Waals surface area (Å²) in [6.45, 7) is 1.51. The summed E-state index contributed by atoms with van der Waals surface area (Å²) in [6.07, 6.45) is 3.46. The average Bonchev–Trinajstić information content (AvgIpc) is 2.33. The molecule has 0 spiro atoms. The van der Waals surface area contributed by atoms with Crippen LogP contribution in [0.3, 0.4) is 0 Å². The molecule has 0 aliphatic rings. The Labute approximate surface area is 65.5 Å². The lowest BCUT2D eigenvalue weighted by Gasteiger charge is -2.12. The largest absolute Gasteiger partial charge is 0.320 e. The molecule has 4 heteroatoms. The van der Waals surface area contributed by atoms with E-state index in [1.165, 1.54) is 11.8 Å². The highest BCUT2D eigenvalue weighted by Gasteiger charge is 2.08. The number of hydrogen-bond acceptors (Lipinski definition) is 2. The molecule has 0 saturated carbocycles. The van der Waals surface area contributed by atoms with Gasteiger partial charge < -0.3 is 4.57 Å². The fourth-order valence-electron chi connectivity index (χ4n) is 0.822. The topological polar surface area (TPSA) is 38.1 Å². The smallest absolute Gasteiger partial charge is 0.225 e. The molecule has 0 aromatic carbocycles. The molecule has 0 unspecified atom stereocenters. The van der Waals surface area contributed by atoms with Gasteiger partial charge >= 0.3 is 0 Å². The predicted octanol–water partition coefficient (Wildman–Crippen LogP) is 0.403. The highest BCUT2D eigenvalue weighted by Crippen LogP contribution is 2.06. The van der Waals surface area contributed by atoms with Crippen molar-refractivity contribution in [3.63, 3.8) is 0 Å². The molecule has 1 rings (SSSR count). The Hall–Kier alpha value is -1.32. The van der Waals surface area contributed by atoms with Crippen LogP contribution < -0.4 is 4.90 Å². The van der Waals surface area contributed by atoms with E-state index in [9.17, 15) is 4.79 Å².